The van der Waals surface area contributed by atoms with Crippen molar-refractivity contribution in [2.24, 2.45) is 7.05 Å². The van der Waals surface area contributed by atoms with Gasteiger partial charge in [-0.2, -0.15) is 5.10 Å². The number of piperidine rings is 1. The van der Waals surface area contributed by atoms with Gasteiger partial charge in [0.15, 0.2) is 0 Å². The molecule has 1 fully saturated rings. The standard InChI is InChI=1S/C20H23N5O2S2/c1-11-12(2)23-24(4)19(26)15(11)18-22-13(3)16(29-18)20(27)25-8-5-6-14(10-25)17-21-7-9-28-17/h7,9,14H,5-6,8,10H2,1-4H3. The molecule has 1 saturated heterocycles. The molecule has 0 bridgehead atoms. The van der Waals surface area contributed by atoms with Crippen LogP contribution in [0.3, 0.4) is 0 Å². The van der Waals surface area contributed by atoms with E-state index in [0.29, 0.717) is 27.7 Å². The molecule has 4 rings (SSSR count). The molecule has 9 heteroatoms. The van der Waals surface area contributed by atoms with E-state index in [2.05, 4.69) is 15.1 Å². The SMILES string of the molecule is Cc1nc(-c2c(C)c(C)nn(C)c2=O)sc1C(=O)N1CCCC(c2nccs2)C1. The molecule has 1 aliphatic heterocycles. The highest BCUT2D eigenvalue weighted by Crippen LogP contribution is 2.32. The van der Waals surface area contributed by atoms with E-state index in [4.69, 9.17) is 0 Å². The van der Waals surface area contributed by atoms with Crippen LogP contribution in [0.1, 0.15) is 50.4 Å². The maximum Gasteiger partial charge on any atom is 0.277 e. The number of rotatable bonds is 3. The fourth-order valence-corrected chi connectivity index (χ4v) is 5.64. The Morgan fingerprint density at radius 2 is 2.03 bits per heavy atom. The lowest BCUT2D eigenvalue weighted by Gasteiger charge is -2.31. The largest absolute Gasteiger partial charge is 0.337 e. The summed E-state index contributed by atoms with van der Waals surface area (Å²) >= 11 is 2.95. The Kier molecular flexibility index (Phi) is 5.35. The summed E-state index contributed by atoms with van der Waals surface area (Å²) in [5.74, 6) is 0.283. The molecule has 0 N–H and O–H groups in total. The molecule has 3 aromatic heterocycles. The Bertz CT molecular complexity index is 1120. The zero-order chi connectivity index (χ0) is 20.7. The first-order valence-corrected chi connectivity index (χ1v) is 11.3. The first-order valence-electron chi connectivity index (χ1n) is 9.57. The summed E-state index contributed by atoms with van der Waals surface area (Å²) in [5, 5.41) is 7.89. The second-order valence-corrected chi connectivity index (χ2v) is 9.33. The minimum atomic E-state index is -0.192. The fourth-order valence-electron chi connectivity index (χ4n) is 3.75. The van der Waals surface area contributed by atoms with Gasteiger partial charge in [-0.25, -0.2) is 14.6 Å². The van der Waals surface area contributed by atoms with Crippen molar-refractivity contribution in [3.05, 3.63) is 48.8 Å². The van der Waals surface area contributed by atoms with Crippen LogP contribution in [-0.4, -0.2) is 43.6 Å². The number of thiazole rings is 2. The van der Waals surface area contributed by atoms with Gasteiger partial charge in [-0.1, -0.05) is 0 Å². The monoisotopic (exact) mass is 429 g/mol. The predicted octanol–water partition coefficient (Wildman–Crippen LogP) is 3.31. The smallest absolute Gasteiger partial charge is 0.277 e. The summed E-state index contributed by atoms with van der Waals surface area (Å²) in [5.41, 5.74) is 2.60. The molecule has 1 unspecified atom stereocenters. The molecular weight excluding hydrogens is 406 g/mol. The lowest BCUT2D eigenvalue weighted by atomic mass is 9.98. The predicted molar refractivity (Wildman–Crippen MR) is 115 cm³/mol. The highest BCUT2D eigenvalue weighted by molar-refractivity contribution is 7.17. The van der Waals surface area contributed by atoms with Gasteiger partial charge in [-0.05, 0) is 39.2 Å². The summed E-state index contributed by atoms with van der Waals surface area (Å²) in [4.78, 5) is 37.5. The van der Waals surface area contributed by atoms with Crippen LogP contribution in [0.4, 0.5) is 0 Å². The van der Waals surface area contributed by atoms with Crippen LogP contribution < -0.4 is 5.56 Å². The molecule has 0 spiro atoms. The van der Waals surface area contributed by atoms with Gasteiger partial charge in [0.1, 0.15) is 9.88 Å². The van der Waals surface area contributed by atoms with Crippen molar-refractivity contribution in [1.82, 2.24) is 24.6 Å². The molecule has 0 aromatic carbocycles. The maximum absolute atomic E-state index is 13.3. The van der Waals surface area contributed by atoms with Crippen molar-refractivity contribution in [3.8, 4) is 10.6 Å². The van der Waals surface area contributed by atoms with Crippen LogP contribution in [0, 0.1) is 20.8 Å². The highest BCUT2D eigenvalue weighted by atomic mass is 32.1. The number of hydrogen-bond donors (Lipinski definition) is 0. The van der Waals surface area contributed by atoms with Gasteiger partial charge in [0.05, 0.1) is 22.0 Å². The summed E-state index contributed by atoms with van der Waals surface area (Å²) in [6.07, 6.45) is 3.83. The average Bonchev–Trinajstić information content (AvgIpc) is 3.36. The molecule has 4 heterocycles. The Labute approximate surface area is 177 Å². The molecule has 1 aliphatic rings. The second kappa shape index (κ2) is 7.79. The van der Waals surface area contributed by atoms with E-state index in [1.807, 2.05) is 37.2 Å². The van der Waals surface area contributed by atoms with Gasteiger partial charge >= 0.3 is 0 Å². The second-order valence-electron chi connectivity index (χ2n) is 7.41. The first kappa shape index (κ1) is 19.9. The average molecular weight is 430 g/mol. The number of carbonyl (C=O) groups is 1. The number of amides is 1. The van der Waals surface area contributed by atoms with Crippen molar-refractivity contribution >= 4 is 28.6 Å². The van der Waals surface area contributed by atoms with E-state index in [9.17, 15) is 9.59 Å². The van der Waals surface area contributed by atoms with E-state index >= 15 is 0 Å². The van der Waals surface area contributed by atoms with Crippen LogP contribution in [0.15, 0.2) is 16.4 Å². The molecule has 0 radical (unpaired) electrons. The molecular formula is C20H23N5O2S2. The van der Waals surface area contributed by atoms with Crippen LogP contribution >= 0.6 is 22.7 Å². The van der Waals surface area contributed by atoms with Gasteiger partial charge in [-0.3, -0.25) is 9.59 Å². The summed E-state index contributed by atoms with van der Waals surface area (Å²) in [6.45, 7) is 7.00. The van der Waals surface area contributed by atoms with Gasteiger partial charge in [-0.15, -0.1) is 22.7 Å². The summed E-state index contributed by atoms with van der Waals surface area (Å²) < 4.78 is 1.33. The number of carbonyl (C=O) groups excluding carboxylic acids is 1. The highest BCUT2D eigenvalue weighted by Gasteiger charge is 2.29. The lowest BCUT2D eigenvalue weighted by Crippen LogP contribution is -2.39. The van der Waals surface area contributed by atoms with Gasteiger partial charge in [0.25, 0.3) is 11.5 Å². The normalized spacial score (nSPS) is 17.0. The molecule has 7 nitrogen and oxygen atoms in total. The van der Waals surface area contributed by atoms with Crippen LogP contribution in [0.5, 0.6) is 0 Å². The number of nitrogens with zero attached hydrogens (tertiary/aromatic N) is 5. The van der Waals surface area contributed by atoms with E-state index < -0.39 is 0 Å². The summed E-state index contributed by atoms with van der Waals surface area (Å²) in [6, 6.07) is 0. The van der Waals surface area contributed by atoms with E-state index in [1.54, 1.807) is 18.4 Å². The molecule has 0 saturated carbocycles. The number of likely N-dealkylation sites (tertiary alicyclic amines) is 1. The topological polar surface area (TPSA) is 81.0 Å². The third-order valence-electron chi connectivity index (χ3n) is 5.44. The minimum Gasteiger partial charge on any atom is -0.337 e. The third kappa shape index (κ3) is 3.64. The minimum absolute atomic E-state index is 0.00670. The molecule has 0 aliphatic carbocycles. The van der Waals surface area contributed by atoms with Crippen LogP contribution in [0.25, 0.3) is 10.6 Å². The van der Waals surface area contributed by atoms with Crippen molar-refractivity contribution in [1.29, 1.82) is 0 Å². The zero-order valence-electron chi connectivity index (χ0n) is 16.9. The molecule has 1 amide bonds. The van der Waals surface area contributed by atoms with Gasteiger partial charge in [0, 0.05) is 37.6 Å². The lowest BCUT2D eigenvalue weighted by molar-refractivity contribution is 0.0711. The van der Waals surface area contributed by atoms with E-state index in [-0.39, 0.29) is 17.4 Å². The maximum atomic E-state index is 13.3. The van der Waals surface area contributed by atoms with Crippen molar-refractivity contribution in [2.75, 3.05) is 13.1 Å². The zero-order valence-corrected chi connectivity index (χ0v) is 18.6. The number of aromatic nitrogens is 4. The third-order valence-corrected chi connectivity index (χ3v) is 7.54. The van der Waals surface area contributed by atoms with Gasteiger partial charge in [0.2, 0.25) is 0 Å². The first-order chi connectivity index (χ1) is 13.9. The number of hydrogen-bond acceptors (Lipinski definition) is 7. The molecule has 29 heavy (non-hydrogen) atoms. The van der Waals surface area contributed by atoms with Crippen molar-refractivity contribution in [2.45, 2.75) is 39.5 Å². The summed E-state index contributed by atoms with van der Waals surface area (Å²) in [7, 11) is 1.64. The quantitative estimate of drug-likeness (QED) is 0.638. The Morgan fingerprint density at radius 1 is 1.24 bits per heavy atom. The van der Waals surface area contributed by atoms with Crippen LogP contribution in [0.2, 0.25) is 0 Å². The molecule has 3 aromatic rings. The Morgan fingerprint density at radius 3 is 2.76 bits per heavy atom. The molecule has 1 atom stereocenters. The van der Waals surface area contributed by atoms with E-state index in [1.165, 1.54) is 16.0 Å². The molecule has 152 valence electrons. The fraction of sp³-hybridized carbons (Fsp3) is 0.450. The van der Waals surface area contributed by atoms with Crippen LogP contribution in [-0.2, 0) is 7.05 Å². The van der Waals surface area contributed by atoms with Crippen molar-refractivity contribution in [3.63, 3.8) is 0 Å². The van der Waals surface area contributed by atoms with Gasteiger partial charge < -0.3 is 4.90 Å². The van der Waals surface area contributed by atoms with E-state index in [0.717, 1.165) is 35.7 Å². The number of aryl methyl sites for hydroxylation is 3. The van der Waals surface area contributed by atoms with Crippen molar-refractivity contribution < 1.29 is 4.79 Å². The Hall–Kier alpha value is -2.39. The Balaban J connectivity index is 1.65.